The molecule has 1 aliphatic carbocycles. The van der Waals surface area contributed by atoms with Crippen LogP contribution in [0.25, 0.3) is 0 Å². The topological polar surface area (TPSA) is 92.4 Å². The Hall–Kier alpha value is -0.820. The average molecular weight is 305 g/mol. The summed E-state index contributed by atoms with van der Waals surface area (Å²) >= 11 is 5.88. The zero-order valence-corrected chi connectivity index (χ0v) is 12.0. The second-order valence-electron chi connectivity index (χ2n) is 4.95. The predicted octanol–water partition coefficient (Wildman–Crippen LogP) is 1.51. The van der Waals surface area contributed by atoms with E-state index in [0.717, 1.165) is 12.8 Å². The lowest BCUT2D eigenvalue weighted by atomic mass is 10.0. The number of anilines is 1. The van der Waals surface area contributed by atoms with E-state index in [-0.39, 0.29) is 16.5 Å². The van der Waals surface area contributed by atoms with Gasteiger partial charge < -0.3 is 10.8 Å². The molecule has 0 aromatic heterocycles. The van der Waals surface area contributed by atoms with E-state index in [1.807, 2.05) is 0 Å². The van der Waals surface area contributed by atoms with Crippen LogP contribution in [0.4, 0.5) is 5.69 Å². The van der Waals surface area contributed by atoms with Crippen LogP contribution in [0.2, 0.25) is 5.02 Å². The number of nitrogens with one attached hydrogen (secondary N) is 1. The first-order valence-electron chi connectivity index (χ1n) is 6.10. The first-order chi connectivity index (χ1) is 8.82. The normalized spacial score (nSPS) is 18.6. The number of rotatable bonds is 4. The van der Waals surface area contributed by atoms with Crippen LogP contribution in [0.5, 0.6) is 0 Å². The largest absolute Gasteiger partial charge is 0.399 e. The summed E-state index contributed by atoms with van der Waals surface area (Å²) in [6.07, 6.45) is 3.07. The third-order valence-electron chi connectivity index (χ3n) is 3.37. The Labute approximate surface area is 117 Å². The van der Waals surface area contributed by atoms with Gasteiger partial charge in [0.15, 0.2) is 0 Å². The molecule has 0 atom stereocenters. The molecule has 1 aliphatic rings. The van der Waals surface area contributed by atoms with E-state index in [0.29, 0.717) is 18.5 Å². The molecule has 0 bridgehead atoms. The summed E-state index contributed by atoms with van der Waals surface area (Å²) in [4.78, 5) is -0.0232. The summed E-state index contributed by atoms with van der Waals surface area (Å²) in [6, 6.07) is 4.23. The molecule has 19 heavy (non-hydrogen) atoms. The molecule has 0 aliphatic heterocycles. The van der Waals surface area contributed by atoms with Gasteiger partial charge >= 0.3 is 0 Å². The Morgan fingerprint density at radius 1 is 1.37 bits per heavy atom. The van der Waals surface area contributed by atoms with Crippen LogP contribution in [0.1, 0.15) is 25.7 Å². The number of halogens is 1. The summed E-state index contributed by atoms with van der Waals surface area (Å²) in [5, 5.41) is 10.2. The molecular formula is C12H17ClN2O3S. The molecule has 7 heteroatoms. The lowest BCUT2D eigenvalue weighted by molar-refractivity contribution is 0.0532. The van der Waals surface area contributed by atoms with E-state index in [2.05, 4.69) is 4.72 Å². The molecule has 1 saturated carbocycles. The minimum Gasteiger partial charge on any atom is -0.399 e. The molecule has 0 saturated heterocycles. The van der Waals surface area contributed by atoms with Gasteiger partial charge in [0, 0.05) is 12.2 Å². The maximum absolute atomic E-state index is 12.1. The van der Waals surface area contributed by atoms with Gasteiger partial charge in [0.1, 0.15) is 4.90 Å². The predicted molar refractivity (Wildman–Crippen MR) is 74.5 cm³/mol. The maximum atomic E-state index is 12.1. The molecule has 0 radical (unpaired) electrons. The number of hydrogen-bond acceptors (Lipinski definition) is 4. The number of sulfonamides is 1. The van der Waals surface area contributed by atoms with Crippen LogP contribution in [0.15, 0.2) is 23.1 Å². The molecule has 0 spiro atoms. The summed E-state index contributed by atoms with van der Waals surface area (Å²) in [6.45, 7) is 0.00996. The molecule has 1 fully saturated rings. The summed E-state index contributed by atoms with van der Waals surface area (Å²) in [5.41, 5.74) is 4.99. The second kappa shape index (κ2) is 5.28. The van der Waals surface area contributed by atoms with Crippen molar-refractivity contribution < 1.29 is 13.5 Å². The summed E-state index contributed by atoms with van der Waals surface area (Å²) in [7, 11) is -3.73. The average Bonchev–Trinajstić information content (AvgIpc) is 2.74. The Morgan fingerprint density at radius 2 is 2.00 bits per heavy atom. The quantitative estimate of drug-likeness (QED) is 0.735. The number of benzene rings is 1. The van der Waals surface area contributed by atoms with Crippen molar-refractivity contribution in [3.05, 3.63) is 23.2 Å². The van der Waals surface area contributed by atoms with Gasteiger partial charge in [-0.25, -0.2) is 13.1 Å². The Morgan fingerprint density at radius 3 is 2.58 bits per heavy atom. The highest BCUT2D eigenvalue weighted by atomic mass is 35.5. The maximum Gasteiger partial charge on any atom is 0.242 e. The van der Waals surface area contributed by atoms with Crippen molar-refractivity contribution in [3.63, 3.8) is 0 Å². The van der Waals surface area contributed by atoms with Crippen molar-refractivity contribution >= 4 is 27.3 Å². The monoisotopic (exact) mass is 304 g/mol. The van der Waals surface area contributed by atoms with Gasteiger partial charge in [-0.15, -0.1) is 0 Å². The van der Waals surface area contributed by atoms with Crippen molar-refractivity contribution in [1.82, 2.24) is 4.72 Å². The van der Waals surface area contributed by atoms with E-state index in [1.165, 1.54) is 18.2 Å². The molecule has 4 N–H and O–H groups in total. The van der Waals surface area contributed by atoms with E-state index in [1.54, 1.807) is 0 Å². The fourth-order valence-electron chi connectivity index (χ4n) is 2.25. The zero-order valence-electron chi connectivity index (χ0n) is 10.4. The standard InChI is InChI=1S/C12H17ClN2O3S/c13-10-7-9(14)3-4-11(10)19(17,18)15-8-12(16)5-1-2-6-12/h3-4,7,15-16H,1-2,5-6,8,14H2. The molecule has 0 heterocycles. The first-order valence-corrected chi connectivity index (χ1v) is 7.96. The van der Waals surface area contributed by atoms with Gasteiger partial charge in [0.2, 0.25) is 10.0 Å². The molecule has 0 unspecified atom stereocenters. The molecule has 1 aromatic carbocycles. The van der Waals surface area contributed by atoms with Crippen molar-refractivity contribution in [3.8, 4) is 0 Å². The second-order valence-corrected chi connectivity index (χ2v) is 7.09. The highest BCUT2D eigenvalue weighted by Crippen LogP contribution is 2.29. The van der Waals surface area contributed by atoms with Crippen LogP contribution >= 0.6 is 11.6 Å². The Kier molecular flexibility index (Phi) is 4.06. The third kappa shape index (κ3) is 3.39. The van der Waals surface area contributed by atoms with Gasteiger partial charge in [-0.2, -0.15) is 0 Å². The van der Waals surface area contributed by atoms with Gasteiger partial charge in [-0.1, -0.05) is 24.4 Å². The fraction of sp³-hybridized carbons (Fsp3) is 0.500. The number of hydrogen-bond donors (Lipinski definition) is 3. The first kappa shape index (κ1) is 14.6. The minimum absolute atomic E-state index is 0.00996. The number of nitrogen functional groups attached to an aromatic ring is 1. The van der Waals surface area contributed by atoms with Crippen molar-refractivity contribution in [2.24, 2.45) is 0 Å². The third-order valence-corrected chi connectivity index (χ3v) is 5.26. The zero-order chi connectivity index (χ0) is 14.1. The van der Waals surface area contributed by atoms with Crippen molar-refractivity contribution in [1.29, 1.82) is 0 Å². The van der Waals surface area contributed by atoms with Gasteiger partial charge in [0.05, 0.1) is 10.6 Å². The highest BCUT2D eigenvalue weighted by Gasteiger charge is 2.32. The lowest BCUT2D eigenvalue weighted by Gasteiger charge is -2.22. The summed E-state index contributed by atoms with van der Waals surface area (Å²) in [5.74, 6) is 0. The molecule has 5 nitrogen and oxygen atoms in total. The van der Waals surface area contributed by atoms with Crippen LogP contribution in [-0.4, -0.2) is 25.7 Å². The van der Waals surface area contributed by atoms with Gasteiger partial charge in [0.25, 0.3) is 0 Å². The lowest BCUT2D eigenvalue weighted by Crippen LogP contribution is -2.40. The fourth-order valence-corrected chi connectivity index (χ4v) is 3.92. The number of nitrogens with two attached hydrogens (primary N) is 1. The van der Waals surface area contributed by atoms with E-state index in [9.17, 15) is 13.5 Å². The minimum atomic E-state index is -3.73. The highest BCUT2D eigenvalue weighted by molar-refractivity contribution is 7.89. The summed E-state index contributed by atoms with van der Waals surface area (Å²) < 4.78 is 26.6. The molecule has 2 rings (SSSR count). The van der Waals surface area contributed by atoms with Crippen LogP contribution in [-0.2, 0) is 10.0 Å². The Balaban J connectivity index is 2.14. The van der Waals surface area contributed by atoms with Crippen molar-refractivity contribution in [2.45, 2.75) is 36.2 Å². The van der Waals surface area contributed by atoms with E-state index < -0.39 is 15.6 Å². The van der Waals surface area contributed by atoms with Gasteiger partial charge in [-0.3, -0.25) is 0 Å². The van der Waals surface area contributed by atoms with Crippen LogP contribution in [0.3, 0.4) is 0 Å². The van der Waals surface area contributed by atoms with E-state index in [4.69, 9.17) is 17.3 Å². The molecule has 0 amide bonds. The number of aliphatic hydroxyl groups is 1. The smallest absolute Gasteiger partial charge is 0.242 e. The molecular weight excluding hydrogens is 288 g/mol. The van der Waals surface area contributed by atoms with Gasteiger partial charge in [-0.05, 0) is 31.0 Å². The van der Waals surface area contributed by atoms with E-state index >= 15 is 0 Å². The molecule has 106 valence electrons. The van der Waals surface area contributed by atoms with Crippen LogP contribution in [0, 0.1) is 0 Å². The SMILES string of the molecule is Nc1ccc(S(=O)(=O)NCC2(O)CCCC2)c(Cl)c1. The van der Waals surface area contributed by atoms with Crippen LogP contribution < -0.4 is 10.5 Å². The molecule has 1 aromatic rings. The Bertz CT molecular complexity index is 568. The van der Waals surface area contributed by atoms with Crippen molar-refractivity contribution in [2.75, 3.05) is 12.3 Å².